The lowest BCUT2D eigenvalue weighted by Crippen LogP contribution is -2.53. The van der Waals surface area contributed by atoms with Crippen molar-refractivity contribution in [3.8, 4) is 16.9 Å². The number of hydrogen-bond donors (Lipinski definition) is 4. The summed E-state index contributed by atoms with van der Waals surface area (Å²) in [5, 5.41) is 29.2. The van der Waals surface area contributed by atoms with Crippen LogP contribution < -0.4 is 20.8 Å². The Morgan fingerprint density at radius 3 is 2.49 bits per heavy atom. The van der Waals surface area contributed by atoms with Crippen LogP contribution in [0, 0.1) is 17.3 Å². The van der Waals surface area contributed by atoms with E-state index in [0.29, 0.717) is 46.8 Å². The number of rotatable bonds is 14. The Morgan fingerprint density at radius 2 is 1.85 bits per heavy atom. The molecule has 3 aromatic rings. The summed E-state index contributed by atoms with van der Waals surface area (Å²) in [5.74, 6) is -0.291. The fourth-order valence-electron chi connectivity index (χ4n) is 8.36. The van der Waals surface area contributed by atoms with Crippen molar-refractivity contribution in [2.24, 2.45) is 17.3 Å². The van der Waals surface area contributed by atoms with Crippen molar-refractivity contribution >= 4 is 25.1 Å². The van der Waals surface area contributed by atoms with Crippen LogP contribution in [0.25, 0.3) is 11.1 Å². The lowest BCUT2D eigenvalue weighted by molar-refractivity contribution is -0.182. The summed E-state index contributed by atoms with van der Waals surface area (Å²) >= 11 is 0. The summed E-state index contributed by atoms with van der Waals surface area (Å²) < 4.78 is 6.01. The zero-order valence-corrected chi connectivity index (χ0v) is 32.3. The van der Waals surface area contributed by atoms with E-state index in [2.05, 4.69) is 48.4 Å². The highest BCUT2D eigenvalue weighted by molar-refractivity contribution is 6.33. The number of carbonyl (C=O) groups excluding carboxylic acids is 2. The fourth-order valence-corrected chi connectivity index (χ4v) is 8.36. The van der Waals surface area contributed by atoms with Crippen molar-refractivity contribution in [2.75, 3.05) is 34.4 Å². The predicted molar refractivity (Wildman–Crippen MR) is 209 cm³/mol. The molecule has 1 aliphatic carbocycles. The van der Waals surface area contributed by atoms with Gasteiger partial charge in [-0.25, -0.2) is 0 Å². The van der Waals surface area contributed by atoms with Crippen LogP contribution in [-0.2, 0) is 22.6 Å². The maximum absolute atomic E-state index is 14.1. The zero-order valence-electron chi connectivity index (χ0n) is 32.3. The average molecular weight is 725 g/mol. The molecule has 1 heterocycles. The highest BCUT2D eigenvalue weighted by Gasteiger charge is 2.50. The van der Waals surface area contributed by atoms with E-state index in [1.165, 1.54) is 0 Å². The number of nitrogens with zero attached hydrogens (tertiary/aromatic N) is 2. The second-order valence-corrected chi connectivity index (χ2v) is 16.1. The minimum atomic E-state index is -0.911. The molecule has 2 radical (unpaired) electrons. The van der Waals surface area contributed by atoms with Crippen molar-refractivity contribution in [3.05, 3.63) is 83.4 Å². The molecule has 284 valence electrons. The summed E-state index contributed by atoms with van der Waals surface area (Å²) in [4.78, 5) is 36.1. The average Bonchev–Trinajstić information content (AvgIpc) is 3.47. The summed E-state index contributed by atoms with van der Waals surface area (Å²) in [6.07, 6.45) is 1.88. The Bertz CT molecular complexity index is 1700. The zero-order chi connectivity index (χ0) is 38.4. The quantitative estimate of drug-likeness (QED) is 0.185. The number of amides is 2. The Kier molecular flexibility index (Phi) is 13.4. The fraction of sp³-hybridized carbons (Fsp3) is 0.524. The van der Waals surface area contributed by atoms with E-state index in [9.17, 15) is 19.8 Å². The van der Waals surface area contributed by atoms with Gasteiger partial charge in [0, 0.05) is 41.2 Å². The van der Waals surface area contributed by atoms with Crippen molar-refractivity contribution < 1.29 is 29.4 Å². The van der Waals surface area contributed by atoms with Gasteiger partial charge in [-0.1, -0.05) is 86.9 Å². The topological polar surface area (TPSA) is 124 Å². The summed E-state index contributed by atoms with van der Waals surface area (Å²) in [5.41, 5.74) is 4.34. The van der Waals surface area contributed by atoms with Gasteiger partial charge < -0.3 is 30.5 Å². The normalized spacial score (nSPS) is 24.1. The van der Waals surface area contributed by atoms with Gasteiger partial charge in [-0.15, -0.1) is 0 Å². The Hall–Kier alpha value is -3.74. The predicted octanol–water partition coefficient (Wildman–Crippen LogP) is 3.86. The van der Waals surface area contributed by atoms with Crippen LogP contribution in [0.3, 0.4) is 0 Å². The molecule has 3 unspecified atom stereocenters. The van der Waals surface area contributed by atoms with Gasteiger partial charge in [-0.2, -0.15) is 5.06 Å². The second-order valence-electron chi connectivity index (χ2n) is 16.1. The second kappa shape index (κ2) is 17.6. The molecule has 10 nitrogen and oxygen atoms in total. The molecule has 5 rings (SSSR count). The van der Waals surface area contributed by atoms with Gasteiger partial charge in [-0.3, -0.25) is 14.4 Å². The lowest BCUT2D eigenvalue weighted by Gasteiger charge is -2.40. The molecule has 4 N–H and O–H groups in total. The van der Waals surface area contributed by atoms with Crippen LogP contribution in [-0.4, -0.2) is 105 Å². The molecular weight excluding hydrogens is 667 g/mol. The molecule has 0 aromatic heterocycles. The SMILES string of the molecule is [B]c1cc(C(=O)NC(Cc2ccccc2)CN(C)C)cc(-c2cccc(CN3O[C@@H](CO)[C@@H]([C@H](C)O)[C@H]3C(=O)NC3CCC(C)(C)CC3C)c2OC)c1. The monoisotopic (exact) mass is 724 g/mol. The van der Waals surface area contributed by atoms with Crippen molar-refractivity contribution in [1.29, 1.82) is 0 Å². The Balaban J connectivity index is 1.41. The summed E-state index contributed by atoms with van der Waals surface area (Å²) in [6, 6.07) is 20.1. The van der Waals surface area contributed by atoms with Crippen molar-refractivity contribution in [2.45, 2.75) is 90.3 Å². The van der Waals surface area contributed by atoms with Crippen LogP contribution in [0.5, 0.6) is 5.75 Å². The minimum absolute atomic E-state index is 0.00417. The van der Waals surface area contributed by atoms with Crippen LogP contribution in [0.2, 0.25) is 0 Å². The van der Waals surface area contributed by atoms with Gasteiger partial charge in [0.2, 0.25) is 5.91 Å². The van der Waals surface area contributed by atoms with Gasteiger partial charge >= 0.3 is 0 Å². The molecule has 1 saturated carbocycles. The lowest BCUT2D eigenvalue weighted by atomic mass is 9.70. The van der Waals surface area contributed by atoms with E-state index in [4.69, 9.17) is 17.4 Å². The molecule has 1 aliphatic heterocycles. The first kappa shape index (κ1) is 40.5. The van der Waals surface area contributed by atoms with E-state index >= 15 is 0 Å². The molecule has 53 heavy (non-hydrogen) atoms. The number of hydroxylamine groups is 2. The molecule has 1 saturated heterocycles. The number of aliphatic hydroxyl groups is 2. The van der Waals surface area contributed by atoms with Gasteiger partial charge in [0.05, 0.1) is 26.4 Å². The molecule has 0 bridgehead atoms. The number of hydrogen-bond acceptors (Lipinski definition) is 8. The number of benzene rings is 3. The molecule has 2 aliphatic rings. The highest BCUT2D eigenvalue weighted by Crippen LogP contribution is 2.40. The number of carbonyl (C=O) groups is 2. The van der Waals surface area contributed by atoms with Gasteiger partial charge in [-0.05, 0) is 75.2 Å². The van der Waals surface area contributed by atoms with Gasteiger partial charge in [0.25, 0.3) is 5.91 Å². The first-order valence-corrected chi connectivity index (χ1v) is 18.8. The smallest absolute Gasteiger partial charge is 0.251 e. The van der Waals surface area contributed by atoms with E-state index in [1.807, 2.05) is 56.6 Å². The molecular formula is C42H57BN4O6. The number of para-hydroxylation sites is 1. The summed E-state index contributed by atoms with van der Waals surface area (Å²) in [7, 11) is 12.0. The van der Waals surface area contributed by atoms with E-state index in [-0.39, 0.29) is 42.5 Å². The maximum atomic E-state index is 14.1. The number of nitrogens with one attached hydrogen (secondary N) is 2. The van der Waals surface area contributed by atoms with Crippen LogP contribution >= 0.6 is 0 Å². The largest absolute Gasteiger partial charge is 0.496 e. The highest BCUT2D eigenvalue weighted by atomic mass is 16.7. The molecule has 0 spiro atoms. The van der Waals surface area contributed by atoms with Crippen LogP contribution in [0.4, 0.5) is 0 Å². The third-order valence-electron chi connectivity index (χ3n) is 10.8. The van der Waals surface area contributed by atoms with E-state index in [1.54, 1.807) is 31.2 Å². The first-order valence-electron chi connectivity index (χ1n) is 18.8. The van der Waals surface area contributed by atoms with Crippen LogP contribution in [0.15, 0.2) is 66.7 Å². The number of likely N-dealkylation sites (N-methyl/N-ethyl adjacent to an activating group) is 1. The Morgan fingerprint density at radius 1 is 1.11 bits per heavy atom. The Labute approximate surface area is 316 Å². The maximum Gasteiger partial charge on any atom is 0.251 e. The van der Waals surface area contributed by atoms with E-state index < -0.39 is 24.2 Å². The number of methoxy groups -OCH3 is 1. The van der Waals surface area contributed by atoms with Crippen LogP contribution in [0.1, 0.15) is 68.4 Å². The third kappa shape index (κ3) is 10.1. The van der Waals surface area contributed by atoms with Crippen molar-refractivity contribution in [1.82, 2.24) is 20.6 Å². The van der Waals surface area contributed by atoms with Crippen molar-refractivity contribution in [3.63, 3.8) is 0 Å². The molecule has 11 heteroatoms. The third-order valence-corrected chi connectivity index (χ3v) is 10.8. The first-order chi connectivity index (χ1) is 25.2. The molecule has 3 aromatic carbocycles. The van der Waals surface area contributed by atoms with Gasteiger partial charge in [0.1, 0.15) is 25.7 Å². The molecule has 7 atom stereocenters. The standard InChI is InChI=1S/C42H57BN4O6/c1-26-22-42(3,4)17-16-35(26)45-41(51)38-37(27(2)49)36(25-48)53-47(38)23-29-14-11-15-34(39(29)52-7)30-19-31(21-32(43)20-30)40(50)44-33(24-46(5)6)18-28-12-9-8-10-13-28/h8-15,19-21,26-27,33,35-38,48-49H,16-18,22-25H2,1-7H3,(H,44,50)(H,45,51)/t26?,27-,33?,35?,36-,37+,38-/m0/s1. The summed E-state index contributed by atoms with van der Waals surface area (Å²) in [6.45, 7) is 8.78. The molecule has 2 amide bonds. The van der Waals surface area contributed by atoms with Gasteiger partial charge in [0.15, 0.2) is 0 Å². The minimum Gasteiger partial charge on any atom is -0.496 e. The number of ether oxygens (including phenoxy) is 1. The molecule has 2 fully saturated rings. The van der Waals surface area contributed by atoms with E-state index in [0.717, 1.165) is 30.4 Å². The number of aliphatic hydroxyl groups excluding tert-OH is 2.